The molecule has 0 aromatic heterocycles. The SMILES string of the molecule is CC1C=CCCC1CC(C)(C)C. The minimum atomic E-state index is 0.504. The highest BCUT2D eigenvalue weighted by atomic mass is 14.3. The zero-order valence-corrected chi connectivity index (χ0v) is 8.93. The highest BCUT2D eigenvalue weighted by Crippen LogP contribution is 2.34. The fraction of sp³-hybridized carbons (Fsp3) is 0.833. The Morgan fingerprint density at radius 3 is 2.50 bits per heavy atom. The molecule has 0 bridgehead atoms. The van der Waals surface area contributed by atoms with Gasteiger partial charge in [0.2, 0.25) is 0 Å². The zero-order chi connectivity index (χ0) is 9.19. The first-order valence-corrected chi connectivity index (χ1v) is 5.16. The Morgan fingerprint density at radius 1 is 1.33 bits per heavy atom. The number of rotatable bonds is 1. The van der Waals surface area contributed by atoms with Crippen molar-refractivity contribution in [2.75, 3.05) is 0 Å². The summed E-state index contributed by atoms with van der Waals surface area (Å²) < 4.78 is 0. The Kier molecular flexibility index (Phi) is 2.98. The Bertz CT molecular complexity index is 159. The summed E-state index contributed by atoms with van der Waals surface area (Å²) in [6.07, 6.45) is 8.79. The first kappa shape index (κ1) is 9.83. The van der Waals surface area contributed by atoms with Crippen LogP contribution in [-0.2, 0) is 0 Å². The van der Waals surface area contributed by atoms with Crippen LogP contribution in [0.5, 0.6) is 0 Å². The molecule has 0 heterocycles. The molecule has 1 aliphatic rings. The van der Waals surface area contributed by atoms with Crippen LogP contribution in [-0.4, -0.2) is 0 Å². The molecular weight excluding hydrogens is 144 g/mol. The van der Waals surface area contributed by atoms with Crippen LogP contribution in [0, 0.1) is 17.3 Å². The maximum Gasteiger partial charge on any atom is -0.0233 e. The lowest BCUT2D eigenvalue weighted by molar-refractivity contribution is 0.239. The van der Waals surface area contributed by atoms with Crippen molar-refractivity contribution in [3.05, 3.63) is 12.2 Å². The van der Waals surface area contributed by atoms with Crippen molar-refractivity contribution in [1.82, 2.24) is 0 Å². The van der Waals surface area contributed by atoms with Gasteiger partial charge in [0.25, 0.3) is 0 Å². The first-order chi connectivity index (χ1) is 5.49. The molecular formula is C12H22. The van der Waals surface area contributed by atoms with E-state index < -0.39 is 0 Å². The summed E-state index contributed by atoms with van der Waals surface area (Å²) >= 11 is 0. The highest BCUT2D eigenvalue weighted by molar-refractivity contribution is 4.95. The van der Waals surface area contributed by atoms with Gasteiger partial charge in [-0.25, -0.2) is 0 Å². The lowest BCUT2D eigenvalue weighted by atomic mass is 9.75. The first-order valence-electron chi connectivity index (χ1n) is 5.16. The number of hydrogen-bond acceptors (Lipinski definition) is 0. The number of allylic oxidation sites excluding steroid dienone is 2. The second kappa shape index (κ2) is 3.64. The molecule has 0 aliphatic heterocycles. The summed E-state index contributed by atoms with van der Waals surface area (Å²) in [5, 5.41) is 0. The Labute approximate surface area is 77.1 Å². The molecule has 0 heteroatoms. The summed E-state index contributed by atoms with van der Waals surface area (Å²) in [6, 6.07) is 0. The van der Waals surface area contributed by atoms with Crippen molar-refractivity contribution in [2.45, 2.75) is 47.0 Å². The molecule has 0 N–H and O–H groups in total. The molecule has 0 aromatic rings. The van der Waals surface area contributed by atoms with E-state index in [1.54, 1.807) is 0 Å². The van der Waals surface area contributed by atoms with Crippen LogP contribution in [0.4, 0.5) is 0 Å². The van der Waals surface area contributed by atoms with Crippen molar-refractivity contribution in [1.29, 1.82) is 0 Å². The van der Waals surface area contributed by atoms with E-state index in [9.17, 15) is 0 Å². The second-order valence-corrected chi connectivity index (χ2v) is 5.39. The van der Waals surface area contributed by atoms with Gasteiger partial charge in [-0.15, -0.1) is 0 Å². The molecule has 1 aliphatic carbocycles. The van der Waals surface area contributed by atoms with Gasteiger partial charge in [-0.05, 0) is 36.5 Å². The van der Waals surface area contributed by atoms with Crippen LogP contribution >= 0.6 is 0 Å². The van der Waals surface area contributed by atoms with E-state index in [0.29, 0.717) is 5.41 Å². The van der Waals surface area contributed by atoms with Gasteiger partial charge in [0.05, 0.1) is 0 Å². The molecule has 0 saturated heterocycles. The van der Waals surface area contributed by atoms with Gasteiger partial charge in [-0.2, -0.15) is 0 Å². The normalized spacial score (nSPS) is 30.7. The Hall–Kier alpha value is -0.260. The maximum atomic E-state index is 2.39. The summed E-state index contributed by atoms with van der Waals surface area (Å²) in [7, 11) is 0. The molecule has 0 aromatic carbocycles. The molecule has 2 atom stereocenters. The van der Waals surface area contributed by atoms with Gasteiger partial charge >= 0.3 is 0 Å². The van der Waals surface area contributed by atoms with Gasteiger partial charge in [0, 0.05) is 0 Å². The van der Waals surface area contributed by atoms with Crippen LogP contribution in [0.25, 0.3) is 0 Å². The van der Waals surface area contributed by atoms with Crippen molar-refractivity contribution in [2.24, 2.45) is 17.3 Å². The van der Waals surface area contributed by atoms with E-state index in [4.69, 9.17) is 0 Å². The Balaban J connectivity index is 2.47. The van der Waals surface area contributed by atoms with Crippen molar-refractivity contribution >= 4 is 0 Å². The maximum absolute atomic E-state index is 2.39. The van der Waals surface area contributed by atoms with Crippen molar-refractivity contribution < 1.29 is 0 Å². The smallest absolute Gasteiger partial charge is 0.0233 e. The summed E-state index contributed by atoms with van der Waals surface area (Å²) in [5.74, 6) is 1.73. The molecule has 0 spiro atoms. The van der Waals surface area contributed by atoms with E-state index in [-0.39, 0.29) is 0 Å². The third kappa shape index (κ3) is 3.00. The van der Waals surface area contributed by atoms with Gasteiger partial charge in [0.1, 0.15) is 0 Å². The minimum Gasteiger partial charge on any atom is -0.0882 e. The van der Waals surface area contributed by atoms with E-state index >= 15 is 0 Å². The van der Waals surface area contributed by atoms with Gasteiger partial charge in [-0.1, -0.05) is 39.8 Å². The third-order valence-corrected chi connectivity index (χ3v) is 2.76. The standard InChI is InChI=1S/C12H22/c1-10-7-5-6-8-11(10)9-12(2,3)4/h5,7,10-11H,6,8-9H2,1-4H3. The van der Waals surface area contributed by atoms with Crippen molar-refractivity contribution in [3.8, 4) is 0 Å². The fourth-order valence-corrected chi connectivity index (χ4v) is 2.12. The van der Waals surface area contributed by atoms with Gasteiger partial charge < -0.3 is 0 Å². The molecule has 0 amide bonds. The van der Waals surface area contributed by atoms with Crippen LogP contribution in [0.1, 0.15) is 47.0 Å². The lowest BCUT2D eigenvalue weighted by Crippen LogP contribution is -2.20. The van der Waals surface area contributed by atoms with E-state index in [2.05, 4.69) is 39.8 Å². The van der Waals surface area contributed by atoms with Crippen LogP contribution in [0.3, 0.4) is 0 Å². The van der Waals surface area contributed by atoms with E-state index in [1.807, 2.05) is 0 Å². The predicted octanol–water partition coefficient (Wildman–Crippen LogP) is 4.02. The van der Waals surface area contributed by atoms with E-state index in [0.717, 1.165) is 11.8 Å². The minimum absolute atomic E-state index is 0.504. The van der Waals surface area contributed by atoms with Crippen molar-refractivity contribution in [3.63, 3.8) is 0 Å². The second-order valence-electron chi connectivity index (χ2n) is 5.39. The molecule has 2 unspecified atom stereocenters. The largest absolute Gasteiger partial charge is 0.0882 e. The summed E-state index contributed by atoms with van der Waals surface area (Å²) in [4.78, 5) is 0. The molecule has 0 nitrogen and oxygen atoms in total. The van der Waals surface area contributed by atoms with Crippen LogP contribution in [0.2, 0.25) is 0 Å². The predicted molar refractivity (Wildman–Crippen MR) is 55.1 cm³/mol. The molecule has 70 valence electrons. The van der Waals surface area contributed by atoms with Crippen LogP contribution in [0.15, 0.2) is 12.2 Å². The highest BCUT2D eigenvalue weighted by Gasteiger charge is 2.23. The fourth-order valence-electron chi connectivity index (χ4n) is 2.12. The van der Waals surface area contributed by atoms with E-state index in [1.165, 1.54) is 19.3 Å². The summed E-state index contributed by atoms with van der Waals surface area (Å²) in [5.41, 5.74) is 0.504. The average molecular weight is 166 g/mol. The third-order valence-electron chi connectivity index (χ3n) is 2.76. The number of hydrogen-bond donors (Lipinski definition) is 0. The average Bonchev–Trinajstić information content (AvgIpc) is 1.91. The summed E-state index contributed by atoms with van der Waals surface area (Å²) in [6.45, 7) is 9.39. The molecule has 1 rings (SSSR count). The Morgan fingerprint density at radius 2 is 2.00 bits per heavy atom. The van der Waals surface area contributed by atoms with Gasteiger partial charge in [0.15, 0.2) is 0 Å². The quantitative estimate of drug-likeness (QED) is 0.516. The monoisotopic (exact) mass is 166 g/mol. The molecule has 0 saturated carbocycles. The molecule has 12 heavy (non-hydrogen) atoms. The molecule has 0 radical (unpaired) electrons. The topological polar surface area (TPSA) is 0 Å². The molecule has 0 fully saturated rings. The zero-order valence-electron chi connectivity index (χ0n) is 8.93. The van der Waals surface area contributed by atoms with Gasteiger partial charge in [-0.3, -0.25) is 0 Å². The lowest BCUT2D eigenvalue weighted by Gasteiger charge is -2.31. The van der Waals surface area contributed by atoms with Crippen LogP contribution < -0.4 is 0 Å².